The molecule has 0 saturated heterocycles. The number of carbonyl (C=O) groups excluding carboxylic acids is 2. The van der Waals surface area contributed by atoms with Gasteiger partial charge in [-0.15, -0.1) is 0 Å². The maximum atomic E-state index is 11.3. The van der Waals surface area contributed by atoms with Crippen LogP contribution in [-0.4, -0.2) is 34.6 Å². The minimum absolute atomic E-state index is 0.0259. The fourth-order valence-corrected chi connectivity index (χ4v) is 1.08. The molecule has 0 radical (unpaired) electrons. The van der Waals surface area contributed by atoms with E-state index < -0.39 is 29.5 Å². The summed E-state index contributed by atoms with van der Waals surface area (Å²) in [5, 5.41) is 13.2. The molecule has 0 aliphatic rings. The number of carboxylic acid groups (broad SMARTS) is 1. The SMILES string of the molecule is C[C@@H](NC(=O)NC(C)(C)CC(N)=O)C(=O)O. The predicted octanol–water partition coefficient (Wildman–Crippen LogP) is -0.587. The van der Waals surface area contributed by atoms with E-state index in [1.54, 1.807) is 13.8 Å². The number of nitrogens with two attached hydrogens (primary N) is 1. The van der Waals surface area contributed by atoms with Crippen LogP contribution in [0.4, 0.5) is 4.79 Å². The van der Waals surface area contributed by atoms with Gasteiger partial charge in [0, 0.05) is 12.0 Å². The molecule has 92 valence electrons. The molecule has 16 heavy (non-hydrogen) atoms. The Kier molecular flexibility index (Phi) is 4.74. The minimum atomic E-state index is -1.14. The molecule has 0 unspecified atom stereocenters. The summed E-state index contributed by atoms with van der Waals surface area (Å²) in [6, 6.07) is -1.65. The van der Waals surface area contributed by atoms with Crippen LogP contribution in [-0.2, 0) is 9.59 Å². The van der Waals surface area contributed by atoms with Crippen molar-refractivity contribution in [2.75, 3.05) is 0 Å². The molecule has 1 atom stereocenters. The smallest absolute Gasteiger partial charge is 0.325 e. The lowest BCUT2D eigenvalue weighted by Crippen LogP contribution is -2.53. The third kappa shape index (κ3) is 5.84. The van der Waals surface area contributed by atoms with E-state index >= 15 is 0 Å². The fourth-order valence-electron chi connectivity index (χ4n) is 1.08. The largest absolute Gasteiger partial charge is 0.480 e. The van der Waals surface area contributed by atoms with Crippen molar-refractivity contribution in [3.05, 3.63) is 0 Å². The van der Waals surface area contributed by atoms with Crippen molar-refractivity contribution in [2.45, 2.75) is 38.8 Å². The normalized spacial score (nSPS) is 12.7. The van der Waals surface area contributed by atoms with Gasteiger partial charge in [-0.3, -0.25) is 9.59 Å². The Morgan fingerprint density at radius 3 is 2.25 bits per heavy atom. The van der Waals surface area contributed by atoms with Crippen molar-refractivity contribution in [3.8, 4) is 0 Å². The fraction of sp³-hybridized carbons (Fsp3) is 0.667. The van der Waals surface area contributed by atoms with E-state index in [9.17, 15) is 14.4 Å². The van der Waals surface area contributed by atoms with Gasteiger partial charge in [0.15, 0.2) is 0 Å². The molecule has 0 bridgehead atoms. The van der Waals surface area contributed by atoms with Gasteiger partial charge >= 0.3 is 12.0 Å². The number of rotatable bonds is 5. The quantitative estimate of drug-likeness (QED) is 0.505. The van der Waals surface area contributed by atoms with Gasteiger partial charge in [0.25, 0.3) is 0 Å². The number of carbonyl (C=O) groups is 3. The molecule has 0 aromatic heterocycles. The van der Waals surface area contributed by atoms with Crippen LogP contribution in [0.3, 0.4) is 0 Å². The Bertz CT molecular complexity index is 301. The van der Waals surface area contributed by atoms with Crippen molar-refractivity contribution in [3.63, 3.8) is 0 Å². The van der Waals surface area contributed by atoms with Gasteiger partial charge in [-0.1, -0.05) is 0 Å². The van der Waals surface area contributed by atoms with Crippen LogP contribution in [0.2, 0.25) is 0 Å². The molecule has 5 N–H and O–H groups in total. The van der Waals surface area contributed by atoms with Crippen LogP contribution >= 0.6 is 0 Å². The molecular formula is C9H17N3O4. The third-order valence-electron chi connectivity index (χ3n) is 1.79. The first kappa shape index (κ1) is 14.2. The van der Waals surface area contributed by atoms with Crippen molar-refractivity contribution in [1.29, 1.82) is 0 Å². The van der Waals surface area contributed by atoms with Gasteiger partial charge in [-0.05, 0) is 20.8 Å². The minimum Gasteiger partial charge on any atom is -0.480 e. The van der Waals surface area contributed by atoms with E-state index in [2.05, 4.69) is 10.6 Å². The monoisotopic (exact) mass is 231 g/mol. The summed E-state index contributed by atoms with van der Waals surface area (Å²) < 4.78 is 0. The van der Waals surface area contributed by atoms with E-state index in [4.69, 9.17) is 10.8 Å². The summed E-state index contributed by atoms with van der Waals surface area (Å²) in [5.41, 5.74) is 4.19. The molecule has 0 heterocycles. The number of aliphatic carboxylic acids is 1. The standard InChI is InChI=1S/C9H17N3O4/c1-5(7(14)15)11-8(16)12-9(2,3)4-6(10)13/h5H,4H2,1-3H3,(H2,10,13)(H,14,15)(H2,11,12,16)/t5-/m1/s1. The molecule has 0 aliphatic heterocycles. The van der Waals surface area contributed by atoms with E-state index in [1.165, 1.54) is 6.92 Å². The van der Waals surface area contributed by atoms with Gasteiger partial charge in [0.2, 0.25) is 5.91 Å². The van der Waals surface area contributed by atoms with Gasteiger partial charge < -0.3 is 21.5 Å². The first-order valence-electron chi connectivity index (χ1n) is 4.74. The summed E-state index contributed by atoms with van der Waals surface area (Å²) in [4.78, 5) is 32.5. The lowest BCUT2D eigenvalue weighted by atomic mass is 10.0. The highest BCUT2D eigenvalue weighted by atomic mass is 16.4. The second-order valence-electron chi connectivity index (χ2n) is 4.19. The van der Waals surface area contributed by atoms with E-state index in [0.29, 0.717) is 0 Å². The highest BCUT2D eigenvalue weighted by Crippen LogP contribution is 2.06. The van der Waals surface area contributed by atoms with Crippen molar-refractivity contribution in [2.24, 2.45) is 5.73 Å². The second kappa shape index (κ2) is 5.34. The summed E-state index contributed by atoms with van der Waals surface area (Å²) in [7, 11) is 0. The zero-order chi connectivity index (χ0) is 12.9. The van der Waals surface area contributed by atoms with Crippen LogP contribution in [0.25, 0.3) is 0 Å². The Labute approximate surface area is 93.4 Å². The number of urea groups is 1. The predicted molar refractivity (Wildman–Crippen MR) is 56.7 cm³/mol. The summed E-state index contributed by atoms with van der Waals surface area (Å²) in [5.74, 6) is -1.68. The average Bonchev–Trinajstić information content (AvgIpc) is 1.98. The lowest BCUT2D eigenvalue weighted by Gasteiger charge is -2.25. The molecule has 0 aliphatic carbocycles. The van der Waals surface area contributed by atoms with Crippen molar-refractivity contribution < 1.29 is 19.5 Å². The number of nitrogens with one attached hydrogen (secondary N) is 2. The van der Waals surface area contributed by atoms with Gasteiger partial charge in [0.05, 0.1) is 0 Å². The summed E-state index contributed by atoms with van der Waals surface area (Å²) >= 11 is 0. The molecule has 7 heteroatoms. The molecule has 3 amide bonds. The number of amides is 3. The first-order chi connectivity index (χ1) is 7.14. The first-order valence-corrected chi connectivity index (χ1v) is 4.74. The molecular weight excluding hydrogens is 214 g/mol. The van der Waals surface area contributed by atoms with Crippen molar-refractivity contribution in [1.82, 2.24) is 10.6 Å². The number of primary amides is 1. The maximum absolute atomic E-state index is 11.3. The lowest BCUT2D eigenvalue weighted by molar-refractivity contribution is -0.138. The van der Waals surface area contributed by atoms with Gasteiger partial charge in [-0.25, -0.2) is 4.79 Å². The van der Waals surface area contributed by atoms with Crippen LogP contribution in [0.5, 0.6) is 0 Å². The van der Waals surface area contributed by atoms with Gasteiger partial charge in [-0.2, -0.15) is 0 Å². The summed E-state index contributed by atoms with van der Waals surface area (Å²) in [6.07, 6.45) is -0.0259. The zero-order valence-corrected chi connectivity index (χ0v) is 9.53. The summed E-state index contributed by atoms with van der Waals surface area (Å²) in [6.45, 7) is 4.56. The Morgan fingerprint density at radius 2 is 1.88 bits per heavy atom. The molecule has 0 fully saturated rings. The molecule has 0 aromatic carbocycles. The average molecular weight is 231 g/mol. The van der Waals surface area contributed by atoms with E-state index in [1.807, 2.05) is 0 Å². The Hall–Kier alpha value is -1.79. The zero-order valence-electron chi connectivity index (χ0n) is 9.53. The Balaban J connectivity index is 4.23. The topological polar surface area (TPSA) is 122 Å². The van der Waals surface area contributed by atoms with Crippen molar-refractivity contribution >= 4 is 17.9 Å². The highest BCUT2D eigenvalue weighted by molar-refractivity contribution is 5.83. The molecule has 0 spiro atoms. The molecule has 0 aromatic rings. The number of hydrogen-bond acceptors (Lipinski definition) is 3. The number of hydrogen-bond donors (Lipinski definition) is 4. The highest BCUT2D eigenvalue weighted by Gasteiger charge is 2.24. The van der Waals surface area contributed by atoms with E-state index in [-0.39, 0.29) is 6.42 Å². The van der Waals surface area contributed by atoms with Crippen LogP contribution in [0.15, 0.2) is 0 Å². The van der Waals surface area contributed by atoms with Crippen LogP contribution in [0.1, 0.15) is 27.2 Å². The third-order valence-corrected chi connectivity index (χ3v) is 1.79. The number of carboxylic acids is 1. The second-order valence-corrected chi connectivity index (χ2v) is 4.19. The molecule has 0 saturated carbocycles. The molecule has 0 rings (SSSR count). The van der Waals surface area contributed by atoms with Crippen LogP contribution < -0.4 is 16.4 Å². The van der Waals surface area contributed by atoms with E-state index in [0.717, 1.165) is 0 Å². The maximum Gasteiger partial charge on any atom is 0.325 e. The van der Waals surface area contributed by atoms with Gasteiger partial charge in [0.1, 0.15) is 6.04 Å². The molecule has 7 nitrogen and oxygen atoms in total. The van der Waals surface area contributed by atoms with Crippen LogP contribution in [0, 0.1) is 0 Å². The Morgan fingerprint density at radius 1 is 1.38 bits per heavy atom.